The van der Waals surface area contributed by atoms with Crippen LogP contribution in [0.2, 0.25) is 0 Å². The van der Waals surface area contributed by atoms with Crippen LogP contribution < -0.4 is 0 Å². The molecule has 2 aliphatic rings. The number of carbonyl (C=O) groups is 1. The highest BCUT2D eigenvalue weighted by Gasteiger charge is 2.42. The molecule has 3 atom stereocenters. The number of aliphatic carboxylic acids is 1. The van der Waals surface area contributed by atoms with Gasteiger partial charge in [-0.1, -0.05) is 0 Å². The number of hydrogen-bond donors (Lipinski definition) is 1. The smallest absolute Gasteiger partial charge is 0.303 e. The van der Waals surface area contributed by atoms with Gasteiger partial charge in [-0.15, -0.1) is 0 Å². The van der Waals surface area contributed by atoms with Crippen molar-refractivity contribution < 1.29 is 9.90 Å². The maximum Gasteiger partial charge on any atom is 0.303 e. The van der Waals surface area contributed by atoms with E-state index >= 15 is 0 Å². The predicted octanol–water partition coefficient (Wildman–Crippen LogP) is 1.90. The third-order valence-corrected chi connectivity index (χ3v) is 3.11. The van der Waals surface area contributed by atoms with Crippen LogP contribution in [0, 0.1) is 17.8 Å². The zero-order chi connectivity index (χ0) is 7.84. The fourth-order valence-electron chi connectivity index (χ4n) is 2.38. The first-order valence-electron chi connectivity index (χ1n) is 4.47. The summed E-state index contributed by atoms with van der Waals surface area (Å²) in [4.78, 5) is 10.4. The van der Waals surface area contributed by atoms with Gasteiger partial charge in [-0.3, -0.25) is 4.79 Å². The van der Waals surface area contributed by atoms with E-state index in [9.17, 15) is 4.79 Å². The van der Waals surface area contributed by atoms with Gasteiger partial charge in [0, 0.05) is 6.42 Å². The Hall–Kier alpha value is -0.530. The van der Waals surface area contributed by atoms with Crippen LogP contribution in [0.15, 0.2) is 0 Å². The molecular formula is C9H14O2. The van der Waals surface area contributed by atoms with E-state index in [2.05, 4.69) is 0 Å². The van der Waals surface area contributed by atoms with Crippen LogP contribution in [0.25, 0.3) is 0 Å². The van der Waals surface area contributed by atoms with Gasteiger partial charge in [0.15, 0.2) is 0 Å². The normalized spacial score (nSPS) is 41.3. The Kier molecular flexibility index (Phi) is 1.63. The quantitative estimate of drug-likeness (QED) is 0.659. The number of rotatable bonds is 2. The zero-order valence-corrected chi connectivity index (χ0v) is 6.62. The van der Waals surface area contributed by atoms with Gasteiger partial charge >= 0.3 is 5.97 Å². The molecule has 0 amide bonds. The Bertz CT molecular complexity index is 176. The van der Waals surface area contributed by atoms with Crippen molar-refractivity contribution in [1.82, 2.24) is 0 Å². The summed E-state index contributed by atoms with van der Waals surface area (Å²) in [6.07, 6.45) is 5.44. The molecule has 0 unspecified atom stereocenters. The summed E-state index contributed by atoms with van der Waals surface area (Å²) in [6, 6.07) is 0. The van der Waals surface area contributed by atoms with Crippen molar-refractivity contribution in [1.29, 1.82) is 0 Å². The molecule has 0 spiro atoms. The Morgan fingerprint density at radius 3 is 2.73 bits per heavy atom. The molecule has 0 radical (unpaired) electrons. The van der Waals surface area contributed by atoms with E-state index in [1.807, 2.05) is 0 Å². The standard InChI is InChI=1S/C9H14O2/c10-9(11)4-6-1-2-7-5-8(7)3-6/h6-8H,1-5H2,(H,10,11)/t6-,7+,8-/m1/s1. The maximum atomic E-state index is 10.4. The Balaban J connectivity index is 1.81. The summed E-state index contributed by atoms with van der Waals surface area (Å²) in [5.41, 5.74) is 0. The van der Waals surface area contributed by atoms with E-state index in [1.54, 1.807) is 0 Å². The minimum atomic E-state index is -0.617. The second kappa shape index (κ2) is 2.50. The Labute approximate surface area is 66.6 Å². The van der Waals surface area contributed by atoms with E-state index in [1.165, 1.54) is 19.3 Å². The van der Waals surface area contributed by atoms with Crippen molar-refractivity contribution >= 4 is 5.97 Å². The average molecular weight is 154 g/mol. The first kappa shape index (κ1) is 7.14. The van der Waals surface area contributed by atoms with E-state index in [0.717, 1.165) is 18.3 Å². The first-order chi connectivity index (χ1) is 5.25. The van der Waals surface area contributed by atoms with Gasteiger partial charge in [0.2, 0.25) is 0 Å². The lowest BCUT2D eigenvalue weighted by Crippen LogP contribution is -2.12. The van der Waals surface area contributed by atoms with Crippen LogP contribution in [0.4, 0.5) is 0 Å². The molecule has 2 aliphatic carbocycles. The fraction of sp³-hybridized carbons (Fsp3) is 0.889. The maximum absolute atomic E-state index is 10.4. The third-order valence-electron chi connectivity index (χ3n) is 3.11. The zero-order valence-electron chi connectivity index (χ0n) is 6.62. The molecule has 2 nitrogen and oxygen atoms in total. The topological polar surface area (TPSA) is 37.3 Å². The predicted molar refractivity (Wildman–Crippen MR) is 41.2 cm³/mol. The minimum Gasteiger partial charge on any atom is -0.481 e. The van der Waals surface area contributed by atoms with Crippen molar-refractivity contribution in [2.45, 2.75) is 32.1 Å². The summed E-state index contributed by atoms with van der Waals surface area (Å²) in [7, 11) is 0. The van der Waals surface area contributed by atoms with Gasteiger partial charge in [0.05, 0.1) is 0 Å². The fourth-order valence-corrected chi connectivity index (χ4v) is 2.38. The molecule has 0 aromatic heterocycles. The summed E-state index contributed by atoms with van der Waals surface area (Å²) in [5, 5.41) is 8.57. The lowest BCUT2D eigenvalue weighted by Gasteiger charge is -2.18. The van der Waals surface area contributed by atoms with Crippen molar-refractivity contribution in [3.05, 3.63) is 0 Å². The second-order valence-corrected chi connectivity index (χ2v) is 4.03. The monoisotopic (exact) mass is 154 g/mol. The van der Waals surface area contributed by atoms with Crippen LogP contribution in [0.1, 0.15) is 32.1 Å². The highest BCUT2D eigenvalue weighted by molar-refractivity contribution is 5.67. The van der Waals surface area contributed by atoms with Crippen molar-refractivity contribution in [3.63, 3.8) is 0 Å². The van der Waals surface area contributed by atoms with Crippen LogP contribution in [0.3, 0.4) is 0 Å². The van der Waals surface area contributed by atoms with Crippen molar-refractivity contribution in [3.8, 4) is 0 Å². The second-order valence-electron chi connectivity index (χ2n) is 4.03. The van der Waals surface area contributed by atoms with Crippen LogP contribution >= 0.6 is 0 Å². The van der Waals surface area contributed by atoms with Gasteiger partial charge in [-0.25, -0.2) is 0 Å². The Morgan fingerprint density at radius 2 is 2.09 bits per heavy atom. The number of fused-ring (bicyclic) bond motifs is 1. The summed E-state index contributed by atoms with van der Waals surface area (Å²) in [6.45, 7) is 0. The van der Waals surface area contributed by atoms with E-state index in [4.69, 9.17) is 5.11 Å². The summed E-state index contributed by atoms with van der Waals surface area (Å²) in [5.74, 6) is 1.78. The van der Waals surface area contributed by atoms with Gasteiger partial charge in [-0.05, 0) is 43.4 Å². The van der Waals surface area contributed by atoms with Crippen LogP contribution in [-0.4, -0.2) is 11.1 Å². The molecule has 1 N–H and O–H groups in total. The third kappa shape index (κ3) is 1.55. The first-order valence-corrected chi connectivity index (χ1v) is 4.47. The molecule has 0 aliphatic heterocycles. The van der Waals surface area contributed by atoms with Crippen molar-refractivity contribution in [2.75, 3.05) is 0 Å². The lowest BCUT2D eigenvalue weighted by atomic mass is 9.87. The van der Waals surface area contributed by atoms with Crippen LogP contribution in [-0.2, 0) is 4.79 Å². The molecule has 0 heterocycles. The molecule has 11 heavy (non-hydrogen) atoms. The number of carboxylic acids is 1. The molecule has 2 rings (SSSR count). The molecule has 0 bridgehead atoms. The molecule has 0 saturated heterocycles. The SMILES string of the molecule is O=C(O)C[C@@H]1CC[C@H]2C[C@H]2C1. The highest BCUT2D eigenvalue weighted by atomic mass is 16.4. The van der Waals surface area contributed by atoms with Crippen molar-refractivity contribution in [2.24, 2.45) is 17.8 Å². The minimum absolute atomic E-state index is 0.406. The molecular weight excluding hydrogens is 140 g/mol. The molecule has 0 aromatic rings. The average Bonchev–Trinajstić information content (AvgIpc) is 2.63. The summed E-state index contributed by atoms with van der Waals surface area (Å²) >= 11 is 0. The Morgan fingerprint density at radius 1 is 1.27 bits per heavy atom. The number of carboxylic acid groups (broad SMARTS) is 1. The highest BCUT2D eigenvalue weighted by Crippen LogP contribution is 2.51. The van der Waals surface area contributed by atoms with Gasteiger partial charge < -0.3 is 5.11 Å². The van der Waals surface area contributed by atoms with Gasteiger partial charge in [0.1, 0.15) is 0 Å². The summed E-state index contributed by atoms with van der Waals surface area (Å²) < 4.78 is 0. The largest absolute Gasteiger partial charge is 0.481 e. The molecule has 2 fully saturated rings. The molecule has 0 aromatic carbocycles. The molecule has 2 heteroatoms. The van der Waals surface area contributed by atoms with E-state index in [-0.39, 0.29) is 0 Å². The van der Waals surface area contributed by atoms with E-state index in [0.29, 0.717) is 12.3 Å². The molecule has 62 valence electrons. The number of hydrogen-bond acceptors (Lipinski definition) is 1. The van der Waals surface area contributed by atoms with Gasteiger partial charge in [0.25, 0.3) is 0 Å². The van der Waals surface area contributed by atoms with Crippen LogP contribution in [0.5, 0.6) is 0 Å². The van der Waals surface area contributed by atoms with E-state index < -0.39 is 5.97 Å². The van der Waals surface area contributed by atoms with Gasteiger partial charge in [-0.2, -0.15) is 0 Å². The molecule has 2 saturated carbocycles. The lowest BCUT2D eigenvalue weighted by molar-refractivity contribution is -0.138.